The average molecular weight is 360 g/mol. The summed E-state index contributed by atoms with van der Waals surface area (Å²) in [6.45, 7) is 4.66. The third kappa shape index (κ3) is 5.55. The Morgan fingerprint density at radius 1 is 1.04 bits per heavy atom. The maximum Gasteiger partial charge on any atom is 0.241 e. The lowest BCUT2D eigenvalue weighted by Crippen LogP contribution is -2.50. The van der Waals surface area contributed by atoms with Crippen molar-refractivity contribution in [3.8, 4) is 0 Å². The molecule has 0 radical (unpaired) electrons. The van der Waals surface area contributed by atoms with Crippen LogP contribution in [0, 0.1) is 0 Å². The van der Waals surface area contributed by atoms with Crippen LogP contribution in [-0.4, -0.2) is 54.5 Å². The Hall–Kier alpha value is -0.970. The standard InChI is InChI=1S/C17H25N3O.2ClH/c21-17(13-18-15-7-2-1-3-8-15)20-12-6-9-16(14-20)19-10-4-5-11-19;;/h1-3,7-8,16,18H,4-6,9-14H2;2*1H. The number of carbonyl (C=O) groups is 1. The van der Waals surface area contributed by atoms with E-state index in [0.717, 1.165) is 25.2 Å². The van der Waals surface area contributed by atoms with Crippen LogP contribution in [0.4, 0.5) is 5.69 Å². The maximum absolute atomic E-state index is 12.4. The zero-order valence-electron chi connectivity index (χ0n) is 13.4. The number of rotatable bonds is 4. The first-order valence-corrected chi connectivity index (χ1v) is 8.14. The fourth-order valence-electron chi connectivity index (χ4n) is 3.43. The van der Waals surface area contributed by atoms with Gasteiger partial charge in [0.05, 0.1) is 6.54 Å². The molecule has 0 aliphatic carbocycles. The molecule has 0 bridgehead atoms. The predicted molar refractivity (Wildman–Crippen MR) is 99.8 cm³/mol. The highest BCUT2D eigenvalue weighted by Gasteiger charge is 2.28. The number of hydrogen-bond donors (Lipinski definition) is 1. The first-order valence-electron chi connectivity index (χ1n) is 8.14. The summed E-state index contributed by atoms with van der Waals surface area (Å²) in [5, 5.41) is 3.22. The Labute approximate surface area is 151 Å². The van der Waals surface area contributed by atoms with E-state index >= 15 is 0 Å². The minimum Gasteiger partial charge on any atom is -0.376 e. The molecule has 2 aliphatic rings. The zero-order chi connectivity index (χ0) is 14.5. The molecule has 0 spiro atoms. The Kier molecular flexibility index (Phi) is 8.74. The molecule has 1 atom stereocenters. The van der Waals surface area contributed by atoms with Gasteiger partial charge in [0.25, 0.3) is 0 Å². The monoisotopic (exact) mass is 359 g/mol. The second-order valence-electron chi connectivity index (χ2n) is 6.10. The maximum atomic E-state index is 12.4. The van der Waals surface area contributed by atoms with E-state index in [0.29, 0.717) is 12.6 Å². The first-order chi connectivity index (χ1) is 10.3. The van der Waals surface area contributed by atoms with Gasteiger partial charge in [0.15, 0.2) is 0 Å². The van der Waals surface area contributed by atoms with Crippen LogP contribution in [0.25, 0.3) is 0 Å². The molecule has 1 aromatic carbocycles. The zero-order valence-corrected chi connectivity index (χ0v) is 15.1. The second kappa shape index (κ2) is 10.0. The molecule has 0 saturated carbocycles. The minimum atomic E-state index is 0. The molecule has 4 nitrogen and oxygen atoms in total. The normalized spacial score (nSPS) is 21.2. The molecule has 1 unspecified atom stereocenters. The lowest BCUT2D eigenvalue weighted by atomic mass is 10.0. The first kappa shape index (κ1) is 20.1. The Bertz CT molecular complexity index is 466. The van der Waals surface area contributed by atoms with Crippen LogP contribution in [0.2, 0.25) is 0 Å². The molecule has 1 amide bonds. The number of nitrogens with one attached hydrogen (secondary N) is 1. The molecule has 3 rings (SSSR count). The molecule has 2 fully saturated rings. The molecular weight excluding hydrogens is 333 g/mol. The van der Waals surface area contributed by atoms with Crippen molar-refractivity contribution in [2.45, 2.75) is 31.7 Å². The molecule has 1 aromatic rings. The van der Waals surface area contributed by atoms with E-state index in [2.05, 4.69) is 10.2 Å². The molecule has 6 heteroatoms. The SMILES string of the molecule is Cl.Cl.O=C(CNc1ccccc1)N1CCCC(N2CCCC2)C1. The second-order valence-corrected chi connectivity index (χ2v) is 6.10. The van der Waals surface area contributed by atoms with Crippen molar-refractivity contribution in [3.63, 3.8) is 0 Å². The molecular formula is C17H27Cl2N3O. The van der Waals surface area contributed by atoms with Crippen molar-refractivity contribution >= 4 is 36.4 Å². The van der Waals surface area contributed by atoms with Gasteiger partial charge >= 0.3 is 0 Å². The van der Waals surface area contributed by atoms with Crippen LogP contribution < -0.4 is 5.32 Å². The van der Waals surface area contributed by atoms with Crippen LogP contribution >= 0.6 is 24.8 Å². The summed E-state index contributed by atoms with van der Waals surface area (Å²) >= 11 is 0. The third-order valence-electron chi connectivity index (χ3n) is 4.62. The lowest BCUT2D eigenvalue weighted by molar-refractivity contribution is -0.131. The summed E-state index contributed by atoms with van der Waals surface area (Å²) in [7, 11) is 0. The van der Waals surface area contributed by atoms with E-state index in [4.69, 9.17) is 0 Å². The molecule has 2 heterocycles. The van der Waals surface area contributed by atoms with Gasteiger partial charge in [-0.25, -0.2) is 0 Å². The van der Waals surface area contributed by atoms with Gasteiger partial charge in [0.2, 0.25) is 5.91 Å². The van der Waals surface area contributed by atoms with Crippen molar-refractivity contribution in [2.24, 2.45) is 0 Å². The number of likely N-dealkylation sites (tertiary alicyclic amines) is 2. The summed E-state index contributed by atoms with van der Waals surface area (Å²) in [5.74, 6) is 0.225. The van der Waals surface area contributed by atoms with E-state index in [1.54, 1.807) is 0 Å². The number of para-hydroxylation sites is 1. The van der Waals surface area contributed by atoms with Crippen LogP contribution in [0.15, 0.2) is 30.3 Å². The van der Waals surface area contributed by atoms with Crippen LogP contribution in [0.3, 0.4) is 0 Å². The smallest absolute Gasteiger partial charge is 0.241 e. The van der Waals surface area contributed by atoms with E-state index in [9.17, 15) is 4.79 Å². The number of piperidine rings is 1. The molecule has 0 aromatic heterocycles. The lowest BCUT2D eigenvalue weighted by Gasteiger charge is -2.37. The van der Waals surface area contributed by atoms with Crippen LogP contribution in [0.5, 0.6) is 0 Å². The Morgan fingerprint density at radius 2 is 1.74 bits per heavy atom. The van der Waals surface area contributed by atoms with Gasteiger partial charge in [-0.1, -0.05) is 18.2 Å². The van der Waals surface area contributed by atoms with Crippen molar-refractivity contribution in [2.75, 3.05) is 38.0 Å². The number of anilines is 1. The molecule has 1 N–H and O–H groups in total. The molecule has 2 aliphatic heterocycles. The summed E-state index contributed by atoms with van der Waals surface area (Å²) in [4.78, 5) is 17.0. The van der Waals surface area contributed by atoms with Crippen molar-refractivity contribution in [1.82, 2.24) is 9.80 Å². The van der Waals surface area contributed by atoms with Gasteiger partial charge in [-0.3, -0.25) is 9.69 Å². The minimum absolute atomic E-state index is 0. The molecule has 23 heavy (non-hydrogen) atoms. The van der Waals surface area contributed by atoms with E-state index in [1.165, 1.54) is 32.4 Å². The van der Waals surface area contributed by atoms with Crippen molar-refractivity contribution < 1.29 is 4.79 Å². The van der Waals surface area contributed by atoms with Crippen LogP contribution in [-0.2, 0) is 4.79 Å². The van der Waals surface area contributed by atoms with Gasteiger partial charge in [0.1, 0.15) is 0 Å². The summed E-state index contributed by atoms with van der Waals surface area (Å²) < 4.78 is 0. The fourth-order valence-corrected chi connectivity index (χ4v) is 3.43. The fraction of sp³-hybridized carbons (Fsp3) is 0.588. The van der Waals surface area contributed by atoms with Gasteiger partial charge in [0, 0.05) is 24.8 Å². The van der Waals surface area contributed by atoms with Gasteiger partial charge < -0.3 is 10.2 Å². The van der Waals surface area contributed by atoms with Gasteiger partial charge in [-0.05, 0) is 50.9 Å². The molecule has 130 valence electrons. The topological polar surface area (TPSA) is 35.6 Å². The highest BCUT2D eigenvalue weighted by atomic mass is 35.5. The van der Waals surface area contributed by atoms with E-state index < -0.39 is 0 Å². The largest absolute Gasteiger partial charge is 0.376 e. The highest BCUT2D eigenvalue weighted by Crippen LogP contribution is 2.20. The summed E-state index contributed by atoms with van der Waals surface area (Å²) in [6.07, 6.45) is 5.02. The number of nitrogens with zero attached hydrogens (tertiary/aromatic N) is 2. The highest BCUT2D eigenvalue weighted by molar-refractivity contribution is 5.85. The van der Waals surface area contributed by atoms with Gasteiger partial charge in [-0.15, -0.1) is 24.8 Å². The predicted octanol–water partition coefficient (Wildman–Crippen LogP) is 3.03. The van der Waals surface area contributed by atoms with E-state index in [1.807, 2.05) is 35.2 Å². The number of benzene rings is 1. The third-order valence-corrected chi connectivity index (χ3v) is 4.62. The van der Waals surface area contributed by atoms with Crippen LogP contribution in [0.1, 0.15) is 25.7 Å². The molecule has 2 saturated heterocycles. The number of hydrogen-bond acceptors (Lipinski definition) is 3. The number of halogens is 2. The van der Waals surface area contributed by atoms with Gasteiger partial charge in [-0.2, -0.15) is 0 Å². The Morgan fingerprint density at radius 3 is 2.43 bits per heavy atom. The average Bonchev–Trinajstić information content (AvgIpc) is 3.08. The quantitative estimate of drug-likeness (QED) is 0.897. The van der Waals surface area contributed by atoms with E-state index in [-0.39, 0.29) is 30.7 Å². The number of amides is 1. The van der Waals surface area contributed by atoms with Crippen molar-refractivity contribution in [3.05, 3.63) is 30.3 Å². The Balaban J connectivity index is 0.00000132. The van der Waals surface area contributed by atoms with Crippen molar-refractivity contribution in [1.29, 1.82) is 0 Å². The summed E-state index contributed by atoms with van der Waals surface area (Å²) in [6, 6.07) is 10.5. The summed E-state index contributed by atoms with van der Waals surface area (Å²) in [5.41, 5.74) is 1.01. The number of carbonyl (C=O) groups excluding carboxylic acids is 1.